The van der Waals surface area contributed by atoms with Gasteiger partial charge in [0.25, 0.3) is 0 Å². The summed E-state index contributed by atoms with van der Waals surface area (Å²) in [7, 11) is 1.70. The maximum Gasteiger partial charge on any atom is 0.118 e. The second-order valence-corrected chi connectivity index (χ2v) is 5.84. The van der Waals surface area contributed by atoms with E-state index in [4.69, 9.17) is 4.74 Å². The molecule has 0 aliphatic carbocycles. The molecule has 2 nitrogen and oxygen atoms in total. The fourth-order valence-electron chi connectivity index (χ4n) is 2.22. The van der Waals surface area contributed by atoms with Crippen molar-refractivity contribution in [2.45, 2.75) is 32.4 Å². The van der Waals surface area contributed by atoms with Gasteiger partial charge in [-0.3, -0.25) is 0 Å². The first-order valence-electron chi connectivity index (χ1n) is 6.61. The summed E-state index contributed by atoms with van der Waals surface area (Å²) >= 11 is 1.81. The van der Waals surface area contributed by atoms with Gasteiger partial charge in [0.15, 0.2) is 0 Å². The van der Waals surface area contributed by atoms with Crippen LogP contribution in [-0.2, 0) is 6.42 Å². The van der Waals surface area contributed by atoms with Crippen molar-refractivity contribution in [3.63, 3.8) is 0 Å². The van der Waals surface area contributed by atoms with Gasteiger partial charge in [0.2, 0.25) is 0 Å². The molecule has 2 atom stereocenters. The largest absolute Gasteiger partial charge is 0.497 e. The van der Waals surface area contributed by atoms with E-state index in [0.29, 0.717) is 12.1 Å². The number of thiophene rings is 1. The first-order chi connectivity index (χ1) is 9.19. The van der Waals surface area contributed by atoms with Crippen LogP contribution < -0.4 is 10.1 Å². The molecule has 0 saturated heterocycles. The summed E-state index contributed by atoms with van der Waals surface area (Å²) in [6.45, 7) is 4.45. The number of methoxy groups -OCH3 is 1. The fourth-order valence-corrected chi connectivity index (χ4v) is 2.96. The Morgan fingerprint density at radius 1 is 1.16 bits per heavy atom. The predicted octanol–water partition coefficient (Wildman–Crippen LogP) is 4.04. The Balaban J connectivity index is 1.88. The SMILES string of the molecule is COc1ccc(CC(C)N[C@H](C)c2cccs2)cc1. The quantitative estimate of drug-likeness (QED) is 0.859. The summed E-state index contributed by atoms with van der Waals surface area (Å²) < 4.78 is 5.17. The number of hydrogen-bond acceptors (Lipinski definition) is 3. The first-order valence-corrected chi connectivity index (χ1v) is 7.49. The van der Waals surface area contributed by atoms with Crippen LogP contribution in [0.2, 0.25) is 0 Å². The van der Waals surface area contributed by atoms with Crippen molar-refractivity contribution in [3.05, 3.63) is 52.2 Å². The van der Waals surface area contributed by atoms with Crippen molar-refractivity contribution in [2.75, 3.05) is 7.11 Å². The molecule has 0 aliphatic heterocycles. The molecule has 1 N–H and O–H groups in total. The lowest BCUT2D eigenvalue weighted by Gasteiger charge is -2.19. The highest BCUT2D eigenvalue weighted by Gasteiger charge is 2.10. The van der Waals surface area contributed by atoms with Crippen LogP contribution >= 0.6 is 11.3 Å². The highest BCUT2D eigenvalue weighted by Crippen LogP contribution is 2.19. The van der Waals surface area contributed by atoms with Crippen LogP contribution in [-0.4, -0.2) is 13.2 Å². The Morgan fingerprint density at radius 2 is 1.89 bits per heavy atom. The molecule has 0 saturated carbocycles. The molecule has 0 bridgehead atoms. The van der Waals surface area contributed by atoms with Crippen molar-refractivity contribution in [3.8, 4) is 5.75 Å². The molecule has 102 valence electrons. The maximum atomic E-state index is 5.17. The molecule has 1 heterocycles. The molecule has 1 aromatic heterocycles. The molecule has 2 rings (SSSR count). The van der Waals surface area contributed by atoms with Gasteiger partial charge in [0.05, 0.1) is 7.11 Å². The third-order valence-corrected chi connectivity index (χ3v) is 4.26. The van der Waals surface area contributed by atoms with Crippen molar-refractivity contribution >= 4 is 11.3 Å². The van der Waals surface area contributed by atoms with E-state index in [2.05, 4.69) is 48.8 Å². The van der Waals surface area contributed by atoms with E-state index in [1.807, 2.05) is 12.1 Å². The number of ether oxygens (including phenoxy) is 1. The fraction of sp³-hybridized carbons (Fsp3) is 0.375. The molecule has 0 radical (unpaired) electrons. The van der Waals surface area contributed by atoms with Gasteiger partial charge in [-0.25, -0.2) is 0 Å². The molecule has 0 amide bonds. The highest BCUT2D eigenvalue weighted by atomic mass is 32.1. The van der Waals surface area contributed by atoms with Crippen LogP contribution in [0.25, 0.3) is 0 Å². The van der Waals surface area contributed by atoms with Gasteiger partial charge in [-0.2, -0.15) is 0 Å². The van der Waals surface area contributed by atoms with Gasteiger partial charge in [-0.05, 0) is 49.4 Å². The van der Waals surface area contributed by atoms with E-state index < -0.39 is 0 Å². The Kier molecular flexibility index (Phi) is 5.00. The molecule has 1 aromatic carbocycles. The van der Waals surface area contributed by atoms with E-state index in [-0.39, 0.29) is 0 Å². The number of rotatable bonds is 6. The average molecular weight is 275 g/mol. The monoisotopic (exact) mass is 275 g/mol. The van der Waals surface area contributed by atoms with Crippen molar-refractivity contribution < 1.29 is 4.74 Å². The van der Waals surface area contributed by atoms with Gasteiger partial charge in [-0.1, -0.05) is 18.2 Å². The zero-order valence-electron chi connectivity index (χ0n) is 11.7. The van der Waals surface area contributed by atoms with Gasteiger partial charge in [0, 0.05) is 17.0 Å². The molecule has 2 aromatic rings. The van der Waals surface area contributed by atoms with E-state index in [0.717, 1.165) is 12.2 Å². The second-order valence-electron chi connectivity index (χ2n) is 4.86. The minimum atomic E-state index is 0.410. The summed E-state index contributed by atoms with van der Waals surface area (Å²) in [4.78, 5) is 1.39. The van der Waals surface area contributed by atoms with E-state index in [1.165, 1.54) is 10.4 Å². The molecular formula is C16H21NOS. The minimum absolute atomic E-state index is 0.410. The van der Waals surface area contributed by atoms with Crippen molar-refractivity contribution in [2.24, 2.45) is 0 Å². The Morgan fingerprint density at radius 3 is 2.47 bits per heavy atom. The molecular weight excluding hydrogens is 254 g/mol. The zero-order chi connectivity index (χ0) is 13.7. The lowest BCUT2D eigenvalue weighted by atomic mass is 10.1. The third-order valence-electron chi connectivity index (χ3n) is 3.21. The van der Waals surface area contributed by atoms with Crippen LogP contribution in [0.4, 0.5) is 0 Å². The number of hydrogen-bond donors (Lipinski definition) is 1. The van der Waals surface area contributed by atoms with Crippen LogP contribution in [0.5, 0.6) is 5.75 Å². The van der Waals surface area contributed by atoms with Crippen molar-refractivity contribution in [1.29, 1.82) is 0 Å². The Hall–Kier alpha value is -1.32. The molecule has 0 aliphatic rings. The molecule has 3 heteroatoms. The maximum absolute atomic E-state index is 5.17. The summed E-state index contributed by atoms with van der Waals surface area (Å²) in [5, 5.41) is 5.77. The smallest absolute Gasteiger partial charge is 0.118 e. The molecule has 0 spiro atoms. The Labute approximate surface area is 119 Å². The molecule has 0 fully saturated rings. The van der Waals surface area contributed by atoms with Gasteiger partial charge >= 0.3 is 0 Å². The standard InChI is InChI=1S/C16H21NOS/c1-12(17-13(2)16-5-4-10-19-16)11-14-6-8-15(18-3)9-7-14/h4-10,12-13,17H,11H2,1-3H3/t12?,13-/m1/s1. The highest BCUT2D eigenvalue weighted by molar-refractivity contribution is 7.10. The topological polar surface area (TPSA) is 21.3 Å². The number of nitrogens with one attached hydrogen (secondary N) is 1. The first kappa shape index (κ1) is 14.1. The van der Waals surface area contributed by atoms with Gasteiger partial charge < -0.3 is 10.1 Å². The van der Waals surface area contributed by atoms with E-state index in [1.54, 1.807) is 18.4 Å². The van der Waals surface area contributed by atoms with Gasteiger partial charge in [-0.15, -0.1) is 11.3 Å². The molecule has 1 unspecified atom stereocenters. The summed E-state index contributed by atoms with van der Waals surface area (Å²) in [5.41, 5.74) is 1.33. The number of benzene rings is 1. The van der Waals surface area contributed by atoms with Crippen molar-refractivity contribution in [1.82, 2.24) is 5.32 Å². The average Bonchev–Trinajstić information content (AvgIpc) is 2.93. The normalized spacial score (nSPS) is 14.1. The third kappa shape index (κ3) is 4.08. The van der Waals surface area contributed by atoms with Gasteiger partial charge in [0.1, 0.15) is 5.75 Å². The molecule has 19 heavy (non-hydrogen) atoms. The van der Waals surface area contributed by atoms with Crippen LogP contribution in [0, 0.1) is 0 Å². The lowest BCUT2D eigenvalue weighted by Crippen LogP contribution is -2.30. The minimum Gasteiger partial charge on any atom is -0.497 e. The van der Waals surface area contributed by atoms with E-state index >= 15 is 0 Å². The summed E-state index contributed by atoms with van der Waals surface area (Å²) in [5.74, 6) is 0.913. The predicted molar refractivity (Wildman–Crippen MR) is 82.0 cm³/mol. The van der Waals surface area contributed by atoms with E-state index in [9.17, 15) is 0 Å². The second kappa shape index (κ2) is 6.73. The summed E-state index contributed by atoms with van der Waals surface area (Å²) in [6.07, 6.45) is 1.03. The Bertz CT molecular complexity index is 478. The zero-order valence-corrected chi connectivity index (χ0v) is 12.5. The van der Waals surface area contributed by atoms with Crippen LogP contribution in [0.3, 0.4) is 0 Å². The van der Waals surface area contributed by atoms with Crippen LogP contribution in [0.15, 0.2) is 41.8 Å². The lowest BCUT2D eigenvalue weighted by molar-refractivity contribution is 0.414. The summed E-state index contributed by atoms with van der Waals surface area (Å²) in [6, 6.07) is 13.4. The van der Waals surface area contributed by atoms with Crippen LogP contribution in [0.1, 0.15) is 30.3 Å².